The minimum absolute atomic E-state index is 0.0416. The summed E-state index contributed by atoms with van der Waals surface area (Å²) in [5, 5.41) is 5.14. The molecule has 1 heterocycles. The number of methoxy groups -OCH3 is 1. The number of hydrogen-bond donors (Lipinski definition) is 2. The number of ether oxygens (including phenoxy) is 1. The van der Waals surface area contributed by atoms with Crippen LogP contribution in [0.2, 0.25) is 0 Å². The van der Waals surface area contributed by atoms with Crippen LogP contribution in [0.3, 0.4) is 0 Å². The number of amides is 4. The van der Waals surface area contributed by atoms with Gasteiger partial charge in [-0.05, 0) is 24.1 Å². The van der Waals surface area contributed by atoms with Crippen molar-refractivity contribution in [3.05, 3.63) is 29.8 Å². The highest BCUT2D eigenvalue weighted by Crippen LogP contribution is 2.33. The Kier molecular flexibility index (Phi) is 5.09. The summed E-state index contributed by atoms with van der Waals surface area (Å²) in [5.41, 5.74) is -0.550. The molecule has 1 aromatic rings. The Morgan fingerprint density at radius 1 is 1.38 bits per heavy atom. The molecular formula is C17H19N3O4. The van der Waals surface area contributed by atoms with Crippen molar-refractivity contribution in [3.8, 4) is 18.1 Å². The quantitative estimate of drug-likeness (QED) is 0.591. The molecule has 1 aliphatic rings. The van der Waals surface area contributed by atoms with E-state index in [1.54, 1.807) is 38.3 Å². The lowest BCUT2D eigenvalue weighted by Gasteiger charge is -2.25. The Labute approximate surface area is 140 Å². The predicted molar refractivity (Wildman–Crippen MR) is 87.1 cm³/mol. The van der Waals surface area contributed by atoms with Crippen molar-refractivity contribution < 1.29 is 19.1 Å². The lowest BCUT2D eigenvalue weighted by molar-refractivity contribution is -0.135. The van der Waals surface area contributed by atoms with E-state index in [9.17, 15) is 14.4 Å². The van der Waals surface area contributed by atoms with Gasteiger partial charge in [-0.15, -0.1) is 6.42 Å². The molecule has 24 heavy (non-hydrogen) atoms. The van der Waals surface area contributed by atoms with Gasteiger partial charge in [0.05, 0.1) is 13.7 Å². The van der Waals surface area contributed by atoms with E-state index < -0.39 is 23.4 Å². The van der Waals surface area contributed by atoms with Gasteiger partial charge in [0.15, 0.2) is 0 Å². The SMILES string of the molecule is C#CCNC(=O)CN1C(=O)N[C@@](CC)(c2ccc(OC)cc2)C1=O. The fourth-order valence-electron chi connectivity index (χ4n) is 2.63. The maximum atomic E-state index is 12.8. The largest absolute Gasteiger partial charge is 0.497 e. The molecule has 1 atom stereocenters. The zero-order valence-electron chi connectivity index (χ0n) is 13.6. The van der Waals surface area contributed by atoms with Crippen LogP contribution in [0.25, 0.3) is 0 Å². The molecule has 1 aromatic carbocycles. The Bertz CT molecular complexity index is 693. The van der Waals surface area contributed by atoms with Crippen molar-refractivity contribution in [2.45, 2.75) is 18.9 Å². The summed E-state index contributed by atoms with van der Waals surface area (Å²) < 4.78 is 5.11. The van der Waals surface area contributed by atoms with Crippen LogP contribution in [0.5, 0.6) is 5.75 Å². The lowest BCUT2D eigenvalue weighted by Crippen LogP contribution is -2.44. The van der Waals surface area contributed by atoms with Crippen LogP contribution in [0.15, 0.2) is 24.3 Å². The van der Waals surface area contributed by atoms with Crippen LogP contribution in [0, 0.1) is 12.3 Å². The molecule has 126 valence electrons. The van der Waals surface area contributed by atoms with E-state index >= 15 is 0 Å². The molecule has 2 rings (SSSR count). The Morgan fingerprint density at radius 3 is 2.58 bits per heavy atom. The molecule has 7 nitrogen and oxygen atoms in total. The van der Waals surface area contributed by atoms with Gasteiger partial charge < -0.3 is 15.4 Å². The molecule has 0 unspecified atom stereocenters. The molecule has 4 amide bonds. The standard InChI is InChI=1S/C17H19N3O4/c1-4-10-18-14(21)11-20-15(22)17(5-2,19-16(20)23)12-6-8-13(24-3)9-7-12/h1,6-9H,5,10-11H2,2-3H3,(H,18,21)(H,19,23)/t17-/m0/s1. The smallest absolute Gasteiger partial charge is 0.325 e. The maximum Gasteiger partial charge on any atom is 0.325 e. The van der Waals surface area contributed by atoms with Gasteiger partial charge in [-0.1, -0.05) is 25.0 Å². The molecular weight excluding hydrogens is 310 g/mol. The topological polar surface area (TPSA) is 87.7 Å². The van der Waals surface area contributed by atoms with Crippen LogP contribution in [0.4, 0.5) is 4.79 Å². The number of carbonyl (C=O) groups is 3. The summed E-state index contributed by atoms with van der Waals surface area (Å²) in [6.07, 6.45) is 5.42. The first-order valence-electron chi connectivity index (χ1n) is 7.47. The zero-order chi connectivity index (χ0) is 17.7. The van der Waals surface area contributed by atoms with Gasteiger partial charge >= 0.3 is 6.03 Å². The molecule has 0 aromatic heterocycles. The number of terminal acetylenes is 1. The minimum atomic E-state index is -1.18. The van der Waals surface area contributed by atoms with E-state index in [-0.39, 0.29) is 13.1 Å². The van der Waals surface area contributed by atoms with Crippen molar-refractivity contribution in [2.24, 2.45) is 0 Å². The first-order valence-corrected chi connectivity index (χ1v) is 7.47. The molecule has 0 aliphatic carbocycles. The number of nitrogens with zero attached hydrogens (tertiary/aromatic N) is 1. The molecule has 1 aliphatic heterocycles. The van der Waals surface area contributed by atoms with Crippen LogP contribution in [-0.4, -0.2) is 42.9 Å². The van der Waals surface area contributed by atoms with E-state index in [1.165, 1.54) is 0 Å². The van der Waals surface area contributed by atoms with E-state index in [4.69, 9.17) is 11.2 Å². The molecule has 7 heteroatoms. The number of hydrogen-bond acceptors (Lipinski definition) is 4. The van der Waals surface area contributed by atoms with Crippen LogP contribution in [-0.2, 0) is 15.1 Å². The van der Waals surface area contributed by atoms with Crippen molar-refractivity contribution >= 4 is 17.8 Å². The van der Waals surface area contributed by atoms with Gasteiger partial charge in [0.1, 0.15) is 17.8 Å². The lowest BCUT2D eigenvalue weighted by atomic mass is 9.87. The number of rotatable bonds is 6. The molecule has 2 N–H and O–H groups in total. The monoisotopic (exact) mass is 329 g/mol. The highest BCUT2D eigenvalue weighted by atomic mass is 16.5. The van der Waals surface area contributed by atoms with Gasteiger partial charge in [0, 0.05) is 0 Å². The summed E-state index contributed by atoms with van der Waals surface area (Å²) in [7, 11) is 1.55. The third-order valence-corrected chi connectivity index (χ3v) is 3.98. The fraction of sp³-hybridized carbons (Fsp3) is 0.353. The van der Waals surface area contributed by atoms with Crippen LogP contribution >= 0.6 is 0 Å². The van der Waals surface area contributed by atoms with Gasteiger partial charge in [-0.2, -0.15) is 0 Å². The minimum Gasteiger partial charge on any atom is -0.497 e. The second-order valence-electron chi connectivity index (χ2n) is 5.29. The molecule has 0 bridgehead atoms. The third-order valence-electron chi connectivity index (χ3n) is 3.98. The summed E-state index contributed by atoms with van der Waals surface area (Å²) in [6, 6.07) is 6.28. The summed E-state index contributed by atoms with van der Waals surface area (Å²) in [5.74, 6) is 1.96. The summed E-state index contributed by atoms with van der Waals surface area (Å²) >= 11 is 0. The van der Waals surface area contributed by atoms with E-state index in [0.717, 1.165) is 4.90 Å². The van der Waals surface area contributed by atoms with Crippen LogP contribution < -0.4 is 15.4 Å². The second-order valence-corrected chi connectivity index (χ2v) is 5.29. The van der Waals surface area contributed by atoms with Gasteiger partial charge in [0.2, 0.25) is 5.91 Å². The number of nitrogens with one attached hydrogen (secondary N) is 2. The summed E-state index contributed by atoms with van der Waals surface area (Å²) in [6.45, 7) is 1.47. The van der Waals surface area contributed by atoms with Gasteiger partial charge in [-0.3, -0.25) is 14.5 Å². The normalized spacial score (nSPS) is 19.6. The third kappa shape index (κ3) is 3.04. The highest BCUT2D eigenvalue weighted by Gasteiger charge is 2.51. The molecule has 1 fully saturated rings. The number of imide groups is 1. The predicted octanol–water partition coefficient (Wildman–Crippen LogP) is 0.602. The summed E-state index contributed by atoms with van der Waals surface area (Å²) in [4.78, 5) is 37.7. The van der Waals surface area contributed by atoms with E-state index in [2.05, 4.69) is 16.6 Å². The maximum absolute atomic E-state index is 12.8. The first kappa shape index (κ1) is 17.3. The number of carbonyl (C=O) groups excluding carboxylic acids is 3. The average Bonchev–Trinajstić information content (AvgIpc) is 2.85. The van der Waals surface area contributed by atoms with Gasteiger partial charge in [-0.25, -0.2) is 4.79 Å². The molecule has 0 radical (unpaired) electrons. The van der Waals surface area contributed by atoms with Gasteiger partial charge in [0.25, 0.3) is 5.91 Å². The highest BCUT2D eigenvalue weighted by molar-refractivity contribution is 6.09. The van der Waals surface area contributed by atoms with Crippen molar-refractivity contribution in [1.29, 1.82) is 0 Å². The van der Waals surface area contributed by atoms with Crippen molar-refractivity contribution in [1.82, 2.24) is 15.5 Å². The Morgan fingerprint density at radius 2 is 2.04 bits per heavy atom. The molecule has 0 saturated carbocycles. The van der Waals surface area contributed by atoms with E-state index in [0.29, 0.717) is 17.7 Å². The second kappa shape index (κ2) is 7.04. The van der Waals surface area contributed by atoms with Crippen molar-refractivity contribution in [3.63, 3.8) is 0 Å². The first-order chi connectivity index (χ1) is 11.5. The Hall–Kier alpha value is -3.01. The number of benzene rings is 1. The Balaban J connectivity index is 2.25. The molecule has 1 saturated heterocycles. The van der Waals surface area contributed by atoms with Crippen molar-refractivity contribution in [2.75, 3.05) is 20.2 Å². The average molecular weight is 329 g/mol. The molecule has 0 spiro atoms. The fourth-order valence-corrected chi connectivity index (χ4v) is 2.63. The number of urea groups is 1. The zero-order valence-corrected chi connectivity index (χ0v) is 13.6. The van der Waals surface area contributed by atoms with E-state index in [1.807, 2.05) is 0 Å². The van der Waals surface area contributed by atoms with Crippen LogP contribution in [0.1, 0.15) is 18.9 Å².